The van der Waals surface area contributed by atoms with E-state index >= 15 is 0 Å². The summed E-state index contributed by atoms with van der Waals surface area (Å²) in [7, 11) is 0. The third-order valence-corrected chi connectivity index (χ3v) is 2.49. The topological polar surface area (TPSA) is 69.6 Å². The Morgan fingerprint density at radius 1 is 1.27 bits per heavy atom. The molecular weight excluding hydrogens is 190 g/mol. The molecule has 15 heavy (non-hydrogen) atoms. The molecule has 0 aliphatic heterocycles. The SMILES string of the molecule is Nc1cc(C2CC2)nn1-c1ncccn1. The maximum absolute atomic E-state index is 5.86. The van der Waals surface area contributed by atoms with Gasteiger partial charge in [-0.05, 0) is 18.9 Å². The van der Waals surface area contributed by atoms with Gasteiger partial charge in [0.1, 0.15) is 5.82 Å². The first-order valence-electron chi connectivity index (χ1n) is 4.97. The Morgan fingerprint density at radius 3 is 2.67 bits per heavy atom. The van der Waals surface area contributed by atoms with Crippen LogP contribution < -0.4 is 5.73 Å². The van der Waals surface area contributed by atoms with Crippen molar-refractivity contribution < 1.29 is 0 Å². The van der Waals surface area contributed by atoms with Gasteiger partial charge in [0.05, 0.1) is 5.69 Å². The van der Waals surface area contributed by atoms with Crippen LogP contribution in [0.5, 0.6) is 0 Å². The third kappa shape index (κ3) is 1.45. The van der Waals surface area contributed by atoms with Crippen LogP contribution >= 0.6 is 0 Å². The Hall–Kier alpha value is -1.91. The van der Waals surface area contributed by atoms with Crippen LogP contribution in [0.2, 0.25) is 0 Å². The van der Waals surface area contributed by atoms with Crippen LogP contribution in [0.3, 0.4) is 0 Å². The first-order valence-corrected chi connectivity index (χ1v) is 4.97. The van der Waals surface area contributed by atoms with Crippen molar-refractivity contribution in [2.45, 2.75) is 18.8 Å². The first-order chi connectivity index (χ1) is 7.34. The summed E-state index contributed by atoms with van der Waals surface area (Å²) in [5.41, 5.74) is 6.91. The van der Waals surface area contributed by atoms with Crippen LogP contribution in [0.1, 0.15) is 24.5 Å². The molecule has 1 aliphatic carbocycles. The lowest BCUT2D eigenvalue weighted by Gasteiger charge is -1.99. The van der Waals surface area contributed by atoms with Gasteiger partial charge in [0, 0.05) is 24.4 Å². The van der Waals surface area contributed by atoms with Crippen LogP contribution in [0, 0.1) is 0 Å². The monoisotopic (exact) mass is 201 g/mol. The molecular formula is C10H11N5. The molecule has 2 aromatic rings. The normalized spacial score (nSPS) is 15.5. The molecule has 0 aromatic carbocycles. The summed E-state index contributed by atoms with van der Waals surface area (Å²) in [5, 5.41) is 4.41. The highest BCUT2D eigenvalue weighted by molar-refractivity contribution is 5.38. The molecule has 2 N–H and O–H groups in total. The molecule has 0 unspecified atom stereocenters. The van der Waals surface area contributed by atoms with E-state index in [1.165, 1.54) is 12.8 Å². The van der Waals surface area contributed by atoms with E-state index < -0.39 is 0 Å². The molecule has 0 spiro atoms. The number of aromatic nitrogens is 4. The average Bonchev–Trinajstić information content (AvgIpc) is 3.04. The second kappa shape index (κ2) is 3.05. The highest BCUT2D eigenvalue weighted by atomic mass is 15.4. The summed E-state index contributed by atoms with van der Waals surface area (Å²) < 4.78 is 1.59. The lowest BCUT2D eigenvalue weighted by molar-refractivity contribution is 0.790. The fraction of sp³-hybridized carbons (Fsp3) is 0.300. The predicted molar refractivity (Wildman–Crippen MR) is 55.5 cm³/mol. The number of nitrogens with zero attached hydrogens (tertiary/aromatic N) is 4. The zero-order valence-corrected chi connectivity index (χ0v) is 8.17. The molecule has 0 bridgehead atoms. The largest absolute Gasteiger partial charge is 0.383 e. The summed E-state index contributed by atoms with van der Waals surface area (Å²) in [4.78, 5) is 8.22. The summed E-state index contributed by atoms with van der Waals surface area (Å²) in [6.45, 7) is 0. The van der Waals surface area contributed by atoms with Gasteiger partial charge in [0.15, 0.2) is 0 Å². The highest BCUT2D eigenvalue weighted by Gasteiger charge is 2.27. The summed E-state index contributed by atoms with van der Waals surface area (Å²) >= 11 is 0. The molecule has 1 fully saturated rings. The molecule has 1 saturated carbocycles. The summed E-state index contributed by atoms with van der Waals surface area (Å²) in [6.07, 6.45) is 5.79. The fourth-order valence-electron chi connectivity index (χ4n) is 1.55. The maximum atomic E-state index is 5.86. The third-order valence-electron chi connectivity index (χ3n) is 2.49. The van der Waals surface area contributed by atoms with Crippen molar-refractivity contribution in [1.29, 1.82) is 0 Å². The van der Waals surface area contributed by atoms with Crippen molar-refractivity contribution in [2.75, 3.05) is 5.73 Å². The number of hydrogen-bond acceptors (Lipinski definition) is 4. The van der Waals surface area contributed by atoms with E-state index in [2.05, 4.69) is 15.1 Å². The Balaban J connectivity index is 2.04. The van der Waals surface area contributed by atoms with Gasteiger partial charge in [-0.3, -0.25) is 0 Å². The second-order valence-electron chi connectivity index (χ2n) is 3.73. The van der Waals surface area contributed by atoms with Gasteiger partial charge in [-0.25, -0.2) is 9.97 Å². The van der Waals surface area contributed by atoms with E-state index in [0.717, 1.165) is 5.69 Å². The van der Waals surface area contributed by atoms with Gasteiger partial charge >= 0.3 is 0 Å². The van der Waals surface area contributed by atoms with Gasteiger partial charge in [-0.2, -0.15) is 9.78 Å². The fourth-order valence-corrected chi connectivity index (χ4v) is 1.55. The van der Waals surface area contributed by atoms with Crippen molar-refractivity contribution in [1.82, 2.24) is 19.7 Å². The second-order valence-corrected chi connectivity index (χ2v) is 3.73. The van der Waals surface area contributed by atoms with Crippen molar-refractivity contribution in [2.24, 2.45) is 0 Å². The van der Waals surface area contributed by atoms with E-state index in [1.807, 2.05) is 6.07 Å². The van der Waals surface area contributed by atoms with Crippen molar-refractivity contribution in [3.05, 3.63) is 30.2 Å². The molecule has 0 radical (unpaired) electrons. The predicted octanol–water partition coefficient (Wildman–Crippen LogP) is 1.12. The zero-order valence-electron chi connectivity index (χ0n) is 8.17. The molecule has 2 aromatic heterocycles. The molecule has 3 rings (SSSR count). The molecule has 5 nitrogen and oxygen atoms in total. The van der Waals surface area contributed by atoms with Crippen LogP contribution in [0.25, 0.3) is 5.95 Å². The van der Waals surface area contributed by atoms with Gasteiger partial charge < -0.3 is 5.73 Å². The Morgan fingerprint density at radius 2 is 2.00 bits per heavy atom. The molecule has 0 atom stereocenters. The number of rotatable bonds is 2. The molecule has 0 amide bonds. The van der Waals surface area contributed by atoms with E-state index in [1.54, 1.807) is 23.1 Å². The lowest BCUT2D eigenvalue weighted by atomic mass is 10.3. The Kier molecular flexibility index (Phi) is 1.71. The van der Waals surface area contributed by atoms with E-state index in [-0.39, 0.29) is 0 Å². The minimum absolute atomic E-state index is 0.530. The quantitative estimate of drug-likeness (QED) is 0.790. The smallest absolute Gasteiger partial charge is 0.252 e. The minimum atomic E-state index is 0.530. The van der Waals surface area contributed by atoms with E-state index in [9.17, 15) is 0 Å². The van der Waals surface area contributed by atoms with Gasteiger partial charge in [0.25, 0.3) is 5.95 Å². The number of nitrogen functional groups attached to an aromatic ring is 1. The number of hydrogen-bond donors (Lipinski definition) is 1. The van der Waals surface area contributed by atoms with Gasteiger partial charge in [0.2, 0.25) is 0 Å². The molecule has 5 heteroatoms. The molecule has 0 saturated heterocycles. The van der Waals surface area contributed by atoms with Crippen LogP contribution in [-0.2, 0) is 0 Å². The van der Waals surface area contributed by atoms with Crippen LogP contribution in [0.15, 0.2) is 24.5 Å². The molecule has 2 heterocycles. The minimum Gasteiger partial charge on any atom is -0.383 e. The number of nitrogens with two attached hydrogens (primary N) is 1. The van der Waals surface area contributed by atoms with Gasteiger partial charge in [-0.15, -0.1) is 0 Å². The van der Waals surface area contributed by atoms with Crippen LogP contribution in [-0.4, -0.2) is 19.7 Å². The van der Waals surface area contributed by atoms with Gasteiger partial charge in [-0.1, -0.05) is 0 Å². The molecule has 1 aliphatic rings. The van der Waals surface area contributed by atoms with E-state index in [4.69, 9.17) is 5.73 Å². The standard InChI is InChI=1S/C10H11N5/c11-9-6-8(7-2-3-7)14-15(9)10-12-4-1-5-13-10/h1,4-7H,2-3,11H2. The maximum Gasteiger partial charge on any atom is 0.252 e. The highest BCUT2D eigenvalue weighted by Crippen LogP contribution is 2.39. The zero-order chi connectivity index (χ0) is 10.3. The van der Waals surface area contributed by atoms with E-state index in [0.29, 0.717) is 17.7 Å². The van der Waals surface area contributed by atoms with Crippen molar-refractivity contribution in [3.63, 3.8) is 0 Å². The summed E-state index contributed by atoms with van der Waals surface area (Å²) in [5.74, 6) is 1.72. The van der Waals surface area contributed by atoms with Crippen molar-refractivity contribution in [3.8, 4) is 5.95 Å². The number of anilines is 1. The van der Waals surface area contributed by atoms with Crippen molar-refractivity contribution >= 4 is 5.82 Å². The first kappa shape index (κ1) is 8.40. The average molecular weight is 201 g/mol. The van der Waals surface area contributed by atoms with Crippen LogP contribution in [0.4, 0.5) is 5.82 Å². The Bertz CT molecular complexity index is 472. The summed E-state index contributed by atoms with van der Waals surface area (Å²) in [6, 6.07) is 3.68. The Labute approximate surface area is 87.0 Å². The lowest BCUT2D eigenvalue weighted by Crippen LogP contribution is -2.05. The molecule has 76 valence electrons.